The van der Waals surface area contributed by atoms with Crippen molar-refractivity contribution in [2.45, 2.75) is 21.6 Å². The highest BCUT2D eigenvalue weighted by molar-refractivity contribution is 7.86. The van der Waals surface area contributed by atoms with Crippen LogP contribution in [-0.4, -0.2) is 54.0 Å². The third-order valence-electron chi connectivity index (χ3n) is 6.32. The minimum Gasteiger partial charge on any atom is -0.505 e. The maximum Gasteiger partial charge on any atom is 0.310 e. The first-order valence-electron chi connectivity index (χ1n) is 12.0. The van der Waals surface area contributed by atoms with E-state index < -0.39 is 90.5 Å². The molecule has 1 aromatic heterocycles. The zero-order valence-corrected chi connectivity index (χ0v) is 25.4. The Morgan fingerprint density at radius 3 is 2.18 bits per heavy atom. The van der Waals surface area contributed by atoms with E-state index in [1.807, 2.05) is 0 Å². The lowest BCUT2D eigenvalue weighted by Crippen LogP contribution is -2.05. The first-order chi connectivity index (χ1) is 20.9. The number of azo groups is 1. The summed E-state index contributed by atoms with van der Waals surface area (Å²) in [5, 5.41) is 20.6. The summed E-state index contributed by atoms with van der Waals surface area (Å²) in [6, 6.07) is 10.8. The minimum atomic E-state index is -5.27. The molecule has 0 fully saturated rings. The molecule has 5 N–H and O–H groups in total. The number of aromatic nitrogens is 2. The second-order valence-electron chi connectivity index (χ2n) is 9.27. The second-order valence-corrected chi connectivity index (χ2v) is 13.8. The van der Waals surface area contributed by atoms with Crippen LogP contribution in [-0.2, 0) is 30.4 Å². The van der Waals surface area contributed by atoms with Crippen molar-refractivity contribution in [3.8, 4) is 5.75 Å². The van der Waals surface area contributed by atoms with Gasteiger partial charge in [0.05, 0.1) is 16.3 Å². The van der Waals surface area contributed by atoms with Crippen LogP contribution in [0.3, 0.4) is 0 Å². The second kappa shape index (κ2) is 11.2. The molecule has 0 atom stereocenters. The number of nitrogens with one attached hydrogen (secondary N) is 1. The molecular formula is C25H17ClFN5O10S3. The summed E-state index contributed by atoms with van der Waals surface area (Å²) in [5.74, 6) is -1.49. The first kappa shape index (κ1) is 32.0. The number of fused-ring (bicyclic) bond motifs is 2. The van der Waals surface area contributed by atoms with Crippen molar-refractivity contribution >= 4 is 86.4 Å². The Labute approximate surface area is 258 Å². The number of hydrogen-bond acceptors (Lipinski definition) is 12. The maximum absolute atomic E-state index is 14.0. The van der Waals surface area contributed by atoms with Crippen molar-refractivity contribution in [2.75, 3.05) is 5.32 Å². The molecule has 0 spiro atoms. The maximum atomic E-state index is 14.0. The van der Waals surface area contributed by atoms with Gasteiger partial charge in [-0.15, -0.1) is 10.2 Å². The molecule has 0 aliphatic rings. The number of benzene rings is 4. The molecule has 45 heavy (non-hydrogen) atoms. The van der Waals surface area contributed by atoms with Crippen LogP contribution in [0.4, 0.5) is 27.3 Å². The molecule has 5 rings (SSSR count). The Bertz CT molecular complexity index is 2440. The van der Waals surface area contributed by atoms with E-state index in [0.29, 0.717) is 11.5 Å². The Balaban J connectivity index is 1.84. The van der Waals surface area contributed by atoms with Gasteiger partial charge in [0, 0.05) is 10.8 Å². The van der Waals surface area contributed by atoms with Gasteiger partial charge in [0.2, 0.25) is 0 Å². The van der Waals surface area contributed by atoms with Gasteiger partial charge in [-0.05, 0) is 42.0 Å². The Kier molecular flexibility index (Phi) is 7.98. The van der Waals surface area contributed by atoms with Gasteiger partial charge in [0.1, 0.15) is 26.2 Å². The van der Waals surface area contributed by atoms with Crippen LogP contribution in [0.2, 0.25) is 5.02 Å². The van der Waals surface area contributed by atoms with Crippen molar-refractivity contribution in [2.24, 2.45) is 10.2 Å². The highest BCUT2D eigenvalue weighted by Crippen LogP contribution is 2.46. The smallest absolute Gasteiger partial charge is 0.310 e. The number of rotatable bonds is 7. The molecule has 0 radical (unpaired) electrons. The van der Waals surface area contributed by atoms with E-state index >= 15 is 0 Å². The summed E-state index contributed by atoms with van der Waals surface area (Å²) >= 11 is 6.16. The number of nitrogens with zero attached hydrogens (tertiary/aromatic N) is 4. The fourth-order valence-corrected chi connectivity index (χ4v) is 6.59. The zero-order valence-electron chi connectivity index (χ0n) is 22.2. The summed E-state index contributed by atoms with van der Waals surface area (Å²) in [6.45, 7) is 1.33. The predicted molar refractivity (Wildman–Crippen MR) is 158 cm³/mol. The molecule has 0 saturated heterocycles. The van der Waals surface area contributed by atoms with Crippen LogP contribution < -0.4 is 5.32 Å². The van der Waals surface area contributed by atoms with E-state index in [9.17, 15) is 48.4 Å². The Hall–Kier alpha value is -4.37. The minimum absolute atomic E-state index is 0.0303. The average molecular weight is 698 g/mol. The predicted octanol–water partition coefficient (Wildman–Crippen LogP) is 5.49. The highest BCUT2D eigenvalue weighted by atomic mass is 35.5. The molecule has 0 unspecified atom stereocenters. The molecule has 20 heteroatoms. The molecule has 0 amide bonds. The van der Waals surface area contributed by atoms with Gasteiger partial charge in [0.15, 0.2) is 11.6 Å². The third kappa shape index (κ3) is 6.27. The number of halogens is 2. The monoisotopic (exact) mass is 697 g/mol. The van der Waals surface area contributed by atoms with Crippen molar-refractivity contribution in [1.29, 1.82) is 0 Å². The normalized spacial score (nSPS) is 12.8. The summed E-state index contributed by atoms with van der Waals surface area (Å²) in [4.78, 5) is 4.29. The van der Waals surface area contributed by atoms with E-state index in [4.69, 9.17) is 11.6 Å². The molecule has 0 aliphatic carbocycles. The summed E-state index contributed by atoms with van der Waals surface area (Å²) in [7, 11) is -15.2. The molecule has 1 heterocycles. The van der Waals surface area contributed by atoms with E-state index in [1.165, 1.54) is 25.1 Å². The Morgan fingerprint density at radius 2 is 1.53 bits per heavy atom. The topological polar surface area (TPSA) is 246 Å². The molecule has 0 aliphatic heterocycles. The molecule has 234 valence electrons. The van der Waals surface area contributed by atoms with E-state index in [0.717, 1.165) is 18.2 Å². The fourth-order valence-electron chi connectivity index (χ4n) is 4.42. The van der Waals surface area contributed by atoms with Crippen LogP contribution in [0.5, 0.6) is 5.75 Å². The quantitative estimate of drug-likeness (QED) is 0.0803. The largest absolute Gasteiger partial charge is 0.505 e. The number of anilines is 2. The third-order valence-corrected chi connectivity index (χ3v) is 9.41. The van der Waals surface area contributed by atoms with Gasteiger partial charge in [0.25, 0.3) is 30.4 Å². The lowest BCUT2D eigenvalue weighted by atomic mass is 10.1. The number of phenolic OH excluding ortho intramolecular Hbond substituents is 1. The van der Waals surface area contributed by atoms with Crippen LogP contribution in [0.25, 0.3) is 21.5 Å². The summed E-state index contributed by atoms with van der Waals surface area (Å²) in [6.07, 6.45) is -1.24. The van der Waals surface area contributed by atoms with Gasteiger partial charge >= 0.3 is 6.08 Å². The molecule has 0 saturated carbocycles. The van der Waals surface area contributed by atoms with E-state index in [2.05, 4.69) is 25.5 Å². The first-order valence-corrected chi connectivity index (χ1v) is 16.7. The standard InChI is InChI=1S/C25H17ClFN5O10S3/c1-11-20(26)24(30-25(27)28-11)29-17-10-14(43(34,35)36)8-13-9-18(44(37,38)39)21(22(33)19(13)17)32-31-16-7-6-12-4-2-3-5-15(12)23(16)45(40,41)42/h2-10,33H,1H3,(H,28,29,30)(H,34,35,36)(H,37,38,39)(H,40,41,42). The lowest BCUT2D eigenvalue weighted by molar-refractivity contribution is 0.472. The van der Waals surface area contributed by atoms with Crippen molar-refractivity contribution in [3.05, 3.63) is 71.4 Å². The van der Waals surface area contributed by atoms with Gasteiger partial charge in [-0.1, -0.05) is 41.9 Å². The number of aromatic hydroxyl groups is 1. The highest BCUT2D eigenvalue weighted by Gasteiger charge is 2.27. The van der Waals surface area contributed by atoms with Crippen LogP contribution >= 0.6 is 11.6 Å². The van der Waals surface area contributed by atoms with Gasteiger partial charge in [-0.2, -0.15) is 34.6 Å². The van der Waals surface area contributed by atoms with Crippen molar-refractivity contribution < 1.29 is 48.4 Å². The molecule has 5 aromatic rings. The van der Waals surface area contributed by atoms with Gasteiger partial charge < -0.3 is 10.4 Å². The molecule has 0 bridgehead atoms. The number of aryl methyl sites for hydroxylation is 1. The fraction of sp³-hybridized carbons (Fsp3) is 0.0400. The SMILES string of the molecule is Cc1nc(F)nc(Nc2cc(S(=O)(=O)O)cc3cc(S(=O)(=O)O)c(N=Nc4ccc5ccccc5c4S(=O)(=O)O)c(O)c23)c1Cl. The molecule has 4 aromatic carbocycles. The van der Waals surface area contributed by atoms with Gasteiger partial charge in [-0.3, -0.25) is 13.7 Å². The zero-order chi connectivity index (χ0) is 33.1. The summed E-state index contributed by atoms with van der Waals surface area (Å²) < 4.78 is 117. The lowest BCUT2D eigenvalue weighted by Gasteiger charge is -2.16. The van der Waals surface area contributed by atoms with Crippen LogP contribution in [0.15, 0.2) is 79.5 Å². The van der Waals surface area contributed by atoms with Crippen LogP contribution in [0.1, 0.15) is 5.69 Å². The van der Waals surface area contributed by atoms with E-state index in [1.54, 1.807) is 12.1 Å². The molecular weight excluding hydrogens is 681 g/mol. The van der Waals surface area contributed by atoms with E-state index in [-0.39, 0.29) is 16.1 Å². The number of hydrogen-bond donors (Lipinski definition) is 5. The molecule has 15 nitrogen and oxygen atoms in total. The van der Waals surface area contributed by atoms with Crippen LogP contribution in [0, 0.1) is 13.0 Å². The van der Waals surface area contributed by atoms with Gasteiger partial charge in [-0.25, -0.2) is 4.98 Å². The van der Waals surface area contributed by atoms with Crippen molar-refractivity contribution in [3.63, 3.8) is 0 Å². The summed E-state index contributed by atoms with van der Waals surface area (Å²) in [5.41, 5.74) is -1.92. The number of phenols is 1. The van der Waals surface area contributed by atoms with Crippen molar-refractivity contribution in [1.82, 2.24) is 9.97 Å². The average Bonchev–Trinajstić information content (AvgIpc) is 2.92. The Morgan fingerprint density at radius 1 is 0.844 bits per heavy atom.